The van der Waals surface area contributed by atoms with Gasteiger partial charge in [0.05, 0.1) is 5.69 Å². The van der Waals surface area contributed by atoms with Crippen molar-refractivity contribution < 1.29 is 4.74 Å². The molecule has 0 aliphatic heterocycles. The van der Waals surface area contributed by atoms with Crippen LogP contribution in [-0.4, -0.2) is 29.9 Å². The lowest BCUT2D eigenvalue weighted by Gasteiger charge is -2.08. The molecule has 0 atom stereocenters. The second-order valence-electron chi connectivity index (χ2n) is 3.40. The maximum atomic E-state index is 9.01. The first-order chi connectivity index (χ1) is 7.70. The lowest BCUT2D eigenvalue weighted by Crippen LogP contribution is -2.21. The highest BCUT2D eigenvalue weighted by Gasteiger charge is 2.11. The molecule has 1 heterocycles. The Hall–Kier alpha value is -1.67. The van der Waals surface area contributed by atoms with E-state index >= 15 is 0 Å². The van der Waals surface area contributed by atoms with E-state index in [1.165, 1.54) is 0 Å². The number of rotatable bonds is 5. The molecule has 1 N–H and O–H groups in total. The van der Waals surface area contributed by atoms with Crippen LogP contribution in [0, 0.1) is 25.2 Å². The van der Waals surface area contributed by atoms with Crippen molar-refractivity contribution in [2.45, 2.75) is 20.8 Å². The van der Waals surface area contributed by atoms with Crippen LogP contribution in [0.5, 0.6) is 5.88 Å². The minimum absolute atomic E-state index is 0.323. The third-order valence-corrected chi connectivity index (χ3v) is 2.30. The average molecular weight is 220 g/mol. The number of nitrogens with one attached hydrogen (secondary N) is 1. The second kappa shape index (κ2) is 6.03. The zero-order chi connectivity index (χ0) is 12.0. The molecule has 0 amide bonds. The van der Waals surface area contributed by atoms with E-state index in [0.717, 1.165) is 24.3 Å². The van der Waals surface area contributed by atoms with E-state index in [0.29, 0.717) is 18.1 Å². The summed E-state index contributed by atoms with van der Waals surface area (Å²) in [6.45, 7) is 7.81. The van der Waals surface area contributed by atoms with E-state index in [1.807, 2.05) is 20.8 Å². The van der Waals surface area contributed by atoms with Crippen LogP contribution >= 0.6 is 0 Å². The Morgan fingerprint density at radius 3 is 2.75 bits per heavy atom. The van der Waals surface area contributed by atoms with Gasteiger partial charge in [0.25, 0.3) is 5.88 Å². The minimum atomic E-state index is 0.323. The molecule has 0 fully saturated rings. The van der Waals surface area contributed by atoms with Crippen LogP contribution in [0.3, 0.4) is 0 Å². The van der Waals surface area contributed by atoms with Gasteiger partial charge in [-0.05, 0) is 26.0 Å². The quantitative estimate of drug-likeness (QED) is 0.748. The van der Waals surface area contributed by atoms with Crippen LogP contribution < -0.4 is 10.1 Å². The summed E-state index contributed by atoms with van der Waals surface area (Å²) >= 11 is 0. The number of hydrogen-bond acceptors (Lipinski definition) is 5. The van der Waals surface area contributed by atoms with Crippen molar-refractivity contribution in [3.8, 4) is 11.9 Å². The molecule has 5 nitrogen and oxygen atoms in total. The van der Waals surface area contributed by atoms with Gasteiger partial charge >= 0.3 is 0 Å². The van der Waals surface area contributed by atoms with Crippen molar-refractivity contribution in [1.82, 2.24) is 15.5 Å². The minimum Gasteiger partial charge on any atom is -0.474 e. The first-order valence-corrected chi connectivity index (χ1v) is 5.28. The van der Waals surface area contributed by atoms with E-state index in [-0.39, 0.29) is 0 Å². The van der Waals surface area contributed by atoms with Gasteiger partial charge in [0, 0.05) is 6.54 Å². The van der Waals surface area contributed by atoms with Crippen molar-refractivity contribution in [2.24, 2.45) is 0 Å². The molecule has 1 rings (SSSR count). The molecule has 1 aromatic heterocycles. The summed E-state index contributed by atoms with van der Waals surface area (Å²) < 4.78 is 5.41. The highest BCUT2D eigenvalue weighted by molar-refractivity contribution is 5.44. The number of nitriles is 1. The first-order valence-electron chi connectivity index (χ1n) is 5.28. The van der Waals surface area contributed by atoms with E-state index < -0.39 is 0 Å². The lowest BCUT2D eigenvalue weighted by molar-refractivity contribution is 0.298. The van der Waals surface area contributed by atoms with E-state index in [1.54, 1.807) is 0 Å². The Morgan fingerprint density at radius 2 is 2.12 bits per heavy atom. The number of ether oxygens (including phenoxy) is 1. The Labute approximate surface area is 95.4 Å². The lowest BCUT2D eigenvalue weighted by atomic mass is 10.1. The largest absolute Gasteiger partial charge is 0.474 e. The molecule has 0 saturated carbocycles. The van der Waals surface area contributed by atoms with Crippen molar-refractivity contribution in [3.05, 3.63) is 16.8 Å². The SMILES string of the molecule is CCNCCOc1nnc(C)c(C)c1C#N. The van der Waals surface area contributed by atoms with Crippen LogP contribution in [0.4, 0.5) is 0 Å². The van der Waals surface area contributed by atoms with Crippen LogP contribution in [0.15, 0.2) is 0 Å². The summed E-state index contributed by atoms with van der Waals surface area (Å²) in [4.78, 5) is 0. The predicted octanol–water partition coefficient (Wildman–Crippen LogP) is 0.953. The molecule has 0 saturated heterocycles. The predicted molar refractivity (Wildman–Crippen MR) is 60.3 cm³/mol. The number of likely N-dealkylation sites (N-methyl/N-ethyl adjacent to an activating group) is 1. The Bertz CT molecular complexity index is 398. The van der Waals surface area contributed by atoms with Gasteiger partial charge in [-0.1, -0.05) is 6.92 Å². The first kappa shape index (κ1) is 12.4. The maximum Gasteiger partial charge on any atom is 0.251 e. The standard InChI is InChI=1S/C11H16N4O/c1-4-13-5-6-16-11-10(7-12)8(2)9(3)14-15-11/h13H,4-6H2,1-3H3. The third-order valence-electron chi connectivity index (χ3n) is 2.30. The van der Waals surface area contributed by atoms with Crippen LogP contribution in [0.25, 0.3) is 0 Å². The average Bonchev–Trinajstić information content (AvgIpc) is 2.29. The molecule has 0 radical (unpaired) electrons. The van der Waals surface area contributed by atoms with Crippen molar-refractivity contribution >= 4 is 0 Å². The molecular formula is C11H16N4O. The molecule has 0 aliphatic rings. The fourth-order valence-corrected chi connectivity index (χ4v) is 1.22. The molecule has 0 bridgehead atoms. The van der Waals surface area contributed by atoms with Gasteiger partial charge in [-0.3, -0.25) is 0 Å². The second-order valence-corrected chi connectivity index (χ2v) is 3.40. The maximum absolute atomic E-state index is 9.01. The monoisotopic (exact) mass is 220 g/mol. The molecule has 0 unspecified atom stereocenters. The molecule has 5 heteroatoms. The van der Waals surface area contributed by atoms with Gasteiger partial charge in [-0.15, -0.1) is 5.10 Å². The smallest absolute Gasteiger partial charge is 0.251 e. The Kier molecular flexibility index (Phi) is 4.67. The fourth-order valence-electron chi connectivity index (χ4n) is 1.22. The molecule has 0 aromatic carbocycles. The summed E-state index contributed by atoms with van der Waals surface area (Å²) in [5.41, 5.74) is 2.07. The van der Waals surface area contributed by atoms with Gasteiger partial charge in [0.1, 0.15) is 18.2 Å². The van der Waals surface area contributed by atoms with Gasteiger partial charge in [-0.2, -0.15) is 10.4 Å². The number of aromatic nitrogens is 2. The summed E-state index contributed by atoms with van der Waals surface area (Å²) in [7, 11) is 0. The summed E-state index contributed by atoms with van der Waals surface area (Å²) in [5.74, 6) is 0.323. The molecule has 86 valence electrons. The topological polar surface area (TPSA) is 70.8 Å². The number of aryl methyl sites for hydroxylation is 1. The zero-order valence-electron chi connectivity index (χ0n) is 9.87. The van der Waals surface area contributed by atoms with Crippen molar-refractivity contribution in [3.63, 3.8) is 0 Å². The number of nitrogens with zero attached hydrogens (tertiary/aromatic N) is 3. The van der Waals surface area contributed by atoms with E-state index in [2.05, 4.69) is 21.6 Å². The molecule has 0 aliphatic carbocycles. The molecular weight excluding hydrogens is 204 g/mol. The van der Waals surface area contributed by atoms with Gasteiger partial charge in [0.15, 0.2) is 0 Å². The van der Waals surface area contributed by atoms with Crippen LogP contribution in [-0.2, 0) is 0 Å². The van der Waals surface area contributed by atoms with Crippen molar-refractivity contribution in [2.75, 3.05) is 19.7 Å². The summed E-state index contributed by atoms with van der Waals surface area (Å²) in [6, 6.07) is 2.10. The van der Waals surface area contributed by atoms with E-state index in [9.17, 15) is 0 Å². The van der Waals surface area contributed by atoms with Gasteiger partial charge < -0.3 is 10.1 Å². The number of hydrogen-bond donors (Lipinski definition) is 1. The third kappa shape index (κ3) is 2.91. The molecule has 1 aromatic rings. The molecule has 16 heavy (non-hydrogen) atoms. The van der Waals surface area contributed by atoms with Crippen LogP contribution in [0.1, 0.15) is 23.7 Å². The van der Waals surface area contributed by atoms with Crippen LogP contribution in [0.2, 0.25) is 0 Å². The zero-order valence-corrected chi connectivity index (χ0v) is 9.87. The summed E-state index contributed by atoms with van der Waals surface area (Å²) in [5, 5.41) is 20.0. The molecule has 0 spiro atoms. The Balaban J connectivity index is 2.73. The highest BCUT2D eigenvalue weighted by atomic mass is 16.5. The van der Waals surface area contributed by atoms with Crippen molar-refractivity contribution in [1.29, 1.82) is 5.26 Å². The van der Waals surface area contributed by atoms with Gasteiger partial charge in [0.2, 0.25) is 0 Å². The van der Waals surface area contributed by atoms with Gasteiger partial charge in [-0.25, -0.2) is 0 Å². The summed E-state index contributed by atoms with van der Waals surface area (Å²) in [6.07, 6.45) is 0. The Morgan fingerprint density at radius 1 is 1.38 bits per heavy atom. The van der Waals surface area contributed by atoms with E-state index in [4.69, 9.17) is 10.00 Å². The highest BCUT2D eigenvalue weighted by Crippen LogP contribution is 2.18. The fraction of sp³-hybridized carbons (Fsp3) is 0.545. The normalized spacial score (nSPS) is 9.88.